The second-order valence-corrected chi connectivity index (χ2v) is 9.43. The van der Waals surface area contributed by atoms with Crippen molar-refractivity contribution in [1.29, 1.82) is 0 Å². The summed E-state index contributed by atoms with van der Waals surface area (Å²) < 4.78 is 24.9. The van der Waals surface area contributed by atoms with E-state index in [1.807, 2.05) is 17.0 Å². The lowest BCUT2D eigenvalue weighted by atomic mass is 9.80. The monoisotopic (exact) mass is 456 g/mol. The second-order valence-electron chi connectivity index (χ2n) is 8.43. The Hall–Kier alpha value is -2.78. The van der Waals surface area contributed by atoms with E-state index in [0.29, 0.717) is 22.1 Å². The molecule has 2 amide bonds. The number of halogens is 1. The van der Waals surface area contributed by atoms with Gasteiger partial charge in [0.15, 0.2) is 5.13 Å². The number of alkyl halides is 1. The fourth-order valence-electron chi connectivity index (χ4n) is 4.61. The highest BCUT2D eigenvalue weighted by Gasteiger charge is 2.41. The molecular weight excluding hydrogens is 431 g/mol. The quantitative estimate of drug-likeness (QED) is 0.606. The first-order valence-electron chi connectivity index (χ1n) is 10.7. The molecule has 1 aromatic carbocycles. The van der Waals surface area contributed by atoms with E-state index in [-0.39, 0.29) is 11.4 Å². The summed E-state index contributed by atoms with van der Waals surface area (Å²) in [6.45, 7) is 2.50. The van der Waals surface area contributed by atoms with Crippen LogP contribution in [0.5, 0.6) is 5.88 Å². The Morgan fingerprint density at radius 1 is 1.34 bits per heavy atom. The first-order chi connectivity index (χ1) is 15.6. The van der Waals surface area contributed by atoms with E-state index >= 15 is 0 Å². The SMILES string of the molecule is COc1ncc(-c2cccc(CF)c2)c2sc(NC(=O)N3CCC4(CCOCC4)C3)nc12. The van der Waals surface area contributed by atoms with Crippen molar-refractivity contribution in [3.8, 4) is 17.0 Å². The number of nitrogens with zero attached hydrogens (tertiary/aromatic N) is 3. The summed E-state index contributed by atoms with van der Waals surface area (Å²) >= 11 is 1.37. The van der Waals surface area contributed by atoms with Crippen LogP contribution in [-0.2, 0) is 11.4 Å². The van der Waals surface area contributed by atoms with Crippen molar-refractivity contribution in [3.05, 3.63) is 36.0 Å². The van der Waals surface area contributed by atoms with Crippen LogP contribution in [0.4, 0.5) is 14.3 Å². The highest BCUT2D eigenvalue weighted by molar-refractivity contribution is 7.23. The molecule has 168 valence electrons. The van der Waals surface area contributed by atoms with Crippen LogP contribution in [0.1, 0.15) is 24.8 Å². The maximum atomic E-state index is 13.2. The molecule has 2 saturated heterocycles. The van der Waals surface area contributed by atoms with Crippen LogP contribution in [0.25, 0.3) is 21.3 Å². The summed E-state index contributed by atoms with van der Waals surface area (Å²) in [7, 11) is 1.54. The lowest BCUT2D eigenvalue weighted by Crippen LogP contribution is -2.37. The maximum absolute atomic E-state index is 13.2. The smallest absolute Gasteiger partial charge is 0.323 e. The van der Waals surface area contributed by atoms with E-state index in [2.05, 4.69) is 15.3 Å². The van der Waals surface area contributed by atoms with Crippen LogP contribution < -0.4 is 10.1 Å². The molecule has 3 aromatic rings. The number of urea groups is 1. The number of carbonyl (C=O) groups is 1. The molecule has 7 nitrogen and oxygen atoms in total. The molecule has 0 bridgehead atoms. The third-order valence-corrected chi connectivity index (χ3v) is 7.47. The number of nitrogens with one attached hydrogen (secondary N) is 1. The molecule has 4 heterocycles. The highest BCUT2D eigenvalue weighted by Crippen LogP contribution is 2.41. The Morgan fingerprint density at radius 2 is 2.19 bits per heavy atom. The van der Waals surface area contributed by atoms with Gasteiger partial charge in [0.1, 0.15) is 12.2 Å². The highest BCUT2D eigenvalue weighted by atomic mass is 32.1. The number of ether oxygens (including phenoxy) is 2. The normalized spacial score (nSPS) is 17.8. The van der Waals surface area contributed by atoms with Crippen molar-refractivity contribution in [3.63, 3.8) is 0 Å². The Morgan fingerprint density at radius 3 is 2.97 bits per heavy atom. The minimum Gasteiger partial charge on any atom is -0.479 e. The van der Waals surface area contributed by atoms with E-state index in [1.165, 1.54) is 11.3 Å². The van der Waals surface area contributed by atoms with Gasteiger partial charge >= 0.3 is 6.03 Å². The van der Waals surface area contributed by atoms with E-state index in [1.54, 1.807) is 25.4 Å². The van der Waals surface area contributed by atoms with Gasteiger partial charge in [0, 0.05) is 38.1 Å². The van der Waals surface area contributed by atoms with Crippen molar-refractivity contribution in [2.24, 2.45) is 5.41 Å². The molecule has 32 heavy (non-hydrogen) atoms. The molecule has 2 aliphatic rings. The average molecular weight is 457 g/mol. The number of benzene rings is 1. The molecule has 1 spiro atoms. The summed E-state index contributed by atoms with van der Waals surface area (Å²) in [5.74, 6) is 0.393. The molecule has 2 aromatic heterocycles. The fourth-order valence-corrected chi connectivity index (χ4v) is 5.59. The molecule has 2 fully saturated rings. The van der Waals surface area contributed by atoms with Crippen molar-refractivity contribution < 1.29 is 18.7 Å². The van der Waals surface area contributed by atoms with Crippen LogP contribution >= 0.6 is 11.3 Å². The zero-order valence-corrected chi connectivity index (χ0v) is 18.7. The first kappa shape index (κ1) is 21.1. The number of likely N-dealkylation sites (tertiary alicyclic amines) is 1. The Kier molecular flexibility index (Phi) is 5.69. The molecule has 0 aliphatic carbocycles. The van der Waals surface area contributed by atoms with Crippen LogP contribution in [0.3, 0.4) is 0 Å². The predicted octanol–water partition coefficient (Wildman–Crippen LogP) is 4.87. The lowest BCUT2D eigenvalue weighted by molar-refractivity contribution is 0.0211. The fraction of sp³-hybridized carbons (Fsp3) is 0.435. The van der Waals surface area contributed by atoms with Gasteiger partial charge in [-0.15, -0.1) is 0 Å². The molecule has 1 N–H and O–H groups in total. The summed E-state index contributed by atoms with van der Waals surface area (Å²) in [6, 6.07) is 7.15. The van der Waals surface area contributed by atoms with Crippen LogP contribution in [0, 0.1) is 5.41 Å². The van der Waals surface area contributed by atoms with Crippen molar-refractivity contribution >= 4 is 32.7 Å². The largest absolute Gasteiger partial charge is 0.479 e. The lowest BCUT2D eigenvalue weighted by Gasteiger charge is -2.33. The molecule has 5 rings (SSSR count). The van der Waals surface area contributed by atoms with Gasteiger partial charge in [0.25, 0.3) is 0 Å². The number of rotatable bonds is 4. The van der Waals surface area contributed by atoms with Crippen LogP contribution in [-0.4, -0.2) is 54.3 Å². The van der Waals surface area contributed by atoms with E-state index in [0.717, 1.165) is 61.4 Å². The summed E-state index contributed by atoms with van der Waals surface area (Å²) in [4.78, 5) is 23.8. The molecular formula is C23H25FN4O3S. The number of carbonyl (C=O) groups excluding carboxylic acids is 1. The Labute approximate surface area is 189 Å². The number of amides is 2. The van der Waals surface area contributed by atoms with Crippen molar-refractivity contribution in [2.45, 2.75) is 25.9 Å². The summed E-state index contributed by atoms with van der Waals surface area (Å²) in [5.41, 5.74) is 3.04. The number of hydrogen-bond acceptors (Lipinski definition) is 6. The molecule has 0 unspecified atom stereocenters. The zero-order chi connectivity index (χ0) is 22.1. The number of hydrogen-bond donors (Lipinski definition) is 1. The van der Waals surface area contributed by atoms with Crippen molar-refractivity contribution in [2.75, 3.05) is 38.7 Å². The maximum Gasteiger partial charge on any atom is 0.323 e. The third kappa shape index (κ3) is 3.91. The topological polar surface area (TPSA) is 76.6 Å². The first-order valence-corrected chi connectivity index (χ1v) is 11.5. The van der Waals surface area contributed by atoms with Gasteiger partial charge in [-0.1, -0.05) is 29.5 Å². The number of methoxy groups -OCH3 is 1. The van der Waals surface area contributed by atoms with Gasteiger partial charge in [-0.25, -0.2) is 19.2 Å². The minimum absolute atomic E-state index is 0.139. The predicted molar refractivity (Wildman–Crippen MR) is 122 cm³/mol. The Bertz CT molecular complexity index is 1150. The van der Waals surface area contributed by atoms with Crippen LogP contribution in [0.2, 0.25) is 0 Å². The van der Waals surface area contributed by atoms with Crippen LogP contribution in [0.15, 0.2) is 30.5 Å². The molecule has 0 saturated carbocycles. The van der Waals surface area contributed by atoms with E-state index in [9.17, 15) is 9.18 Å². The number of aromatic nitrogens is 2. The third-order valence-electron chi connectivity index (χ3n) is 6.46. The van der Waals surface area contributed by atoms with E-state index in [4.69, 9.17) is 9.47 Å². The summed E-state index contributed by atoms with van der Waals surface area (Å²) in [5, 5.41) is 3.46. The summed E-state index contributed by atoms with van der Waals surface area (Å²) in [6.07, 6.45) is 4.72. The van der Waals surface area contributed by atoms with Gasteiger partial charge in [-0.05, 0) is 41.9 Å². The standard InChI is InChI=1S/C23H25FN4O3S/c1-30-20-18-19(17(13-25-20)16-4-2-3-15(11-16)12-24)32-21(26-18)27-22(29)28-8-5-23(14-28)6-9-31-10-7-23/h2-4,11,13H,5-10,12,14H2,1H3,(H,26,27,29). The van der Waals surface area contributed by atoms with Crippen molar-refractivity contribution in [1.82, 2.24) is 14.9 Å². The number of anilines is 1. The van der Waals surface area contributed by atoms with E-state index < -0.39 is 6.67 Å². The Balaban J connectivity index is 1.42. The number of fused-ring (bicyclic) bond motifs is 1. The van der Waals surface area contributed by atoms with Gasteiger partial charge < -0.3 is 14.4 Å². The minimum atomic E-state index is -0.534. The second kappa shape index (κ2) is 8.63. The average Bonchev–Trinajstić information content (AvgIpc) is 3.43. The molecule has 2 aliphatic heterocycles. The molecule has 9 heteroatoms. The molecule has 0 atom stereocenters. The zero-order valence-electron chi connectivity index (χ0n) is 17.9. The molecule has 0 radical (unpaired) electrons. The number of pyridine rings is 1. The van der Waals surface area contributed by atoms with Gasteiger partial charge in [0.05, 0.1) is 11.8 Å². The number of thiazole rings is 1. The van der Waals surface area contributed by atoms with Gasteiger partial charge in [0.2, 0.25) is 5.88 Å². The van der Waals surface area contributed by atoms with Gasteiger partial charge in [-0.2, -0.15) is 0 Å². The van der Waals surface area contributed by atoms with Gasteiger partial charge in [-0.3, -0.25) is 5.32 Å².